The Labute approximate surface area is 158 Å². The van der Waals surface area contributed by atoms with Crippen molar-refractivity contribution in [2.24, 2.45) is 34.5 Å². The Balaban J connectivity index is 1.42. The van der Waals surface area contributed by atoms with Gasteiger partial charge in [-0.05, 0) is 74.0 Å². The fraction of sp³-hybridized carbons (Fsp3) is 0.913. The molecule has 0 aromatic rings. The van der Waals surface area contributed by atoms with Crippen LogP contribution in [0.4, 0.5) is 0 Å². The smallest absolute Gasteiger partial charge is 0.168 e. The van der Waals surface area contributed by atoms with E-state index in [-0.39, 0.29) is 11.2 Å². The average Bonchev–Trinajstić information content (AvgIpc) is 3.19. The van der Waals surface area contributed by atoms with Crippen LogP contribution in [-0.2, 0) is 9.47 Å². The van der Waals surface area contributed by atoms with Crippen LogP contribution in [0, 0.1) is 46.8 Å². The number of aliphatic hydroxyl groups is 1. The Morgan fingerprint density at radius 3 is 2.38 bits per heavy atom. The molecule has 0 aromatic heterocycles. The first-order valence-corrected chi connectivity index (χ1v) is 10.8. The van der Waals surface area contributed by atoms with Crippen molar-refractivity contribution in [3.8, 4) is 12.3 Å². The third-order valence-corrected chi connectivity index (χ3v) is 9.87. The maximum absolute atomic E-state index is 11.1. The molecule has 5 rings (SSSR count). The molecule has 1 N–H and O–H groups in total. The normalized spacial score (nSPS) is 55.0. The van der Waals surface area contributed by atoms with Crippen LogP contribution < -0.4 is 0 Å². The van der Waals surface area contributed by atoms with Gasteiger partial charge in [0.1, 0.15) is 5.60 Å². The summed E-state index contributed by atoms with van der Waals surface area (Å²) in [5.41, 5.74) is -0.566. The average molecular weight is 359 g/mol. The molecule has 4 saturated carbocycles. The van der Waals surface area contributed by atoms with Crippen molar-refractivity contribution in [2.75, 3.05) is 13.2 Å². The monoisotopic (exact) mass is 358 g/mol. The number of hydrogen-bond acceptors (Lipinski definition) is 3. The van der Waals surface area contributed by atoms with E-state index in [4.69, 9.17) is 15.9 Å². The van der Waals surface area contributed by atoms with Gasteiger partial charge in [0.25, 0.3) is 0 Å². The second-order valence-electron chi connectivity index (χ2n) is 10.5. The van der Waals surface area contributed by atoms with Crippen LogP contribution in [0.25, 0.3) is 0 Å². The molecule has 5 aliphatic rings. The van der Waals surface area contributed by atoms with Crippen LogP contribution in [0.3, 0.4) is 0 Å². The SMILES string of the molecule is C#C[C@@]1(O)CC[C@@H]2[C@@H]3CC[C@@H]4CC5(CC[C@@]4(C)[C@H]3CC[C@]21C)OCCO5. The first-order chi connectivity index (χ1) is 12.4. The summed E-state index contributed by atoms with van der Waals surface area (Å²) in [6, 6.07) is 0. The lowest BCUT2D eigenvalue weighted by atomic mass is 9.44. The van der Waals surface area contributed by atoms with Gasteiger partial charge in [0.15, 0.2) is 5.79 Å². The van der Waals surface area contributed by atoms with E-state index in [0.717, 1.165) is 57.2 Å². The predicted octanol–water partition coefficient (Wildman–Crippen LogP) is 4.14. The van der Waals surface area contributed by atoms with E-state index in [0.29, 0.717) is 17.3 Å². The maximum atomic E-state index is 11.1. The molecule has 0 unspecified atom stereocenters. The maximum Gasteiger partial charge on any atom is 0.168 e. The minimum Gasteiger partial charge on any atom is -0.377 e. The topological polar surface area (TPSA) is 38.7 Å². The number of rotatable bonds is 0. The van der Waals surface area contributed by atoms with Crippen molar-refractivity contribution in [1.82, 2.24) is 0 Å². The van der Waals surface area contributed by atoms with Gasteiger partial charge in [-0.2, -0.15) is 0 Å². The highest BCUT2D eigenvalue weighted by molar-refractivity contribution is 5.23. The zero-order valence-corrected chi connectivity index (χ0v) is 16.4. The summed E-state index contributed by atoms with van der Waals surface area (Å²) in [6.07, 6.45) is 15.9. The van der Waals surface area contributed by atoms with Crippen LogP contribution in [0.1, 0.15) is 71.6 Å². The van der Waals surface area contributed by atoms with Crippen LogP contribution in [-0.4, -0.2) is 29.7 Å². The zero-order valence-electron chi connectivity index (χ0n) is 16.4. The zero-order chi connectivity index (χ0) is 18.2. The number of hydrogen-bond donors (Lipinski definition) is 1. The van der Waals surface area contributed by atoms with Gasteiger partial charge in [0.05, 0.1) is 13.2 Å². The summed E-state index contributed by atoms with van der Waals surface area (Å²) < 4.78 is 12.1. The molecule has 3 nitrogen and oxygen atoms in total. The van der Waals surface area contributed by atoms with Gasteiger partial charge in [-0.15, -0.1) is 6.42 Å². The highest BCUT2D eigenvalue weighted by Gasteiger charge is 2.65. The summed E-state index contributed by atoms with van der Waals surface area (Å²) in [6.45, 7) is 6.37. The van der Waals surface area contributed by atoms with Gasteiger partial charge in [0.2, 0.25) is 0 Å². The first kappa shape index (κ1) is 17.5. The standard InChI is InChI=1S/C23H34O3/c1-4-22(24)10-8-19-17-6-5-16-15-23(25-13-14-26-23)12-11-20(16,2)18(17)7-9-21(19,22)3/h1,16-19,24H,5-15H2,2-3H3/t16-,17-,18+,19-,20-,21-,22-/m1/s1. The molecule has 0 amide bonds. The molecule has 3 heteroatoms. The van der Waals surface area contributed by atoms with Gasteiger partial charge >= 0.3 is 0 Å². The minimum absolute atomic E-state index is 0.0837. The van der Waals surface area contributed by atoms with E-state index >= 15 is 0 Å². The lowest BCUT2D eigenvalue weighted by molar-refractivity contribution is -0.231. The molecule has 26 heavy (non-hydrogen) atoms. The Hall–Kier alpha value is -0.560. The Kier molecular flexibility index (Phi) is 3.70. The third-order valence-electron chi connectivity index (χ3n) is 9.87. The Morgan fingerprint density at radius 2 is 1.65 bits per heavy atom. The summed E-state index contributed by atoms with van der Waals surface area (Å²) in [4.78, 5) is 0. The quantitative estimate of drug-likeness (QED) is 0.662. The fourth-order valence-electron chi connectivity index (χ4n) is 8.21. The number of terminal acetylenes is 1. The number of fused-ring (bicyclic) bond motifs is 5. The van der Waals surface area contributed by atoms with Gasteiger partial charge < -0.3 is 14.6 Å². The van der Waals surface area contributed by atoms with Gasteiger partial charge in [0, 0.05) is 18.3 Å². The van der Waals surface area contributed by atoms with Gasteiger partial charge in [-0.3, -0.25) is 0 Å². The molecule has 0 aromatic carbocycles. The summed E-state index contributed by atoms with van der Waals surface area (Å²) in [5.74, 6) is 5.35. The molecule has 4 aliphatic carbocycles. The molecule has 5 fully saturated rings. The highest BCUT2D eigenvalue weighted by atomic mass is 16.7. The summed E-state index contributed by atoms with van der Waals surface area (Å²) in [5, 5.41) is 11.1. The van der Waals surface area contributed by atoms with Crippen LogP contribution >= 0.6 is 0 Å². The van der Waals surface area contributed by atoms with Crippen molar-refractivity contribution in [3.05, 3.63) is 0 Å². The van der Waals surface area contributed by atoms with Crippen molar-refractivity contribution in [2.45, 2.75) is 83.0 Å². The number of ether oxygens (including phenoxy) is 2. The second kappa shape index (κ2) is 5.49. The van der Waals surface area contributed by atoms with Crippen LogP contribution in [0.15, 0.2) is 0 Å². The summed E-state index contributed by atoms with van der Waals surface area (Å²) in [7, 11) is 0. The largest absolute Gasteiger partial charge is 0.377 e. The first-order valence-electron chi connectivity index (χ1n) is 10.8. The van der Waals surface area contributed by atoms with Crippen molar-refractivity contribution < 1.29 is 14.6 Å². The molecule has 1 aliphatic heterocycles. The van der Waals surface area contributed by atoms with Crippen molar-refractivity contribution >= 4 is 0 Å². The van der Waals surface area contributed by atoms with E-state index in [1.807, 2.05) is 0 Å². The van der Waals surface area contributed by atoms with E-state index in [1.165, 1.54) is 25.7 Å². The van der Waals surface area contributed by atoms with Crippen LogP contribution in [0.5, 0.6) is 0 Å². The molecule has 144 valence electrons. The van der Waals surface area contributed by atoms with Crippen molar-refractivity contribution in [1.29, 1.82) is 0 Å². The lowest BCUT2D eigenvalue weighted by Gasteiger charge is -2.62. The molecule has 1 spiro atoms. The van der Waals surface area contributed by atoms with Gasteiger partial charge in [-0.25, -0.2) is 0 Å². The fourth-order valence-corrected chi connectivity index (χ4v) is 8.21. The Bertz CT molecular complexity index is 632. The summed E-state index contributed by atoms with van der Waals surface area (Å²) >= 11 is 0. The van der Waals surface area contributed by atoms with Crippen molar-refractivity contribution in [3.63, 3.8) is 0 Å². The van der Waals surface area contributed by atoms with E-state index < -0.39 is 5.60 Å². The van der Waals surface area contributed by atoms with E-state index in [2.05, 4.69) is 19.8 Å². The molecule has 7 atom stereocenters. The molecule has 1 heterocycles. The highest BCUT2D eigenvalue weighted by Crippen LogP contribution is 2.69. The molecular formula is C23H34O3. The molecular weight excluding hydrogens is 324 g/mol. The van der Waals surface area contributed by atoms with E-state index in [1.54, 1.807) is 0 Å². The molecule has 1 saturated heterocycles. The molecule has 0 radical (unpaired) electrons. The van der Waals surface area contributed by atoms with Gasteiger partial charge in [-0.1, -0.05) is 19.8 Å². The lowest BCUT2D eigenvalue weighted by Crippen LogP contribution is -2.58. The minimum atomic E-state index is -0.886. The van der Waals surface area contributed by atoms with E-state index in [9.17, 15) is 5.11 Å². The Morgan fingerprint density at radius 1 is 0.923 bits per heavy atom. The second-order valence-corrected chi connectivity index (χ2v) is 10.5. The third kappa shape index (κ3) is 2.07. The predicted molar refractivity (Wildman–Crippen MR) is 100 cm³/mol. The van der Waals surface area contributed by atoms with Crippen LogP contribution in [0.2, 0.25) is 0 Å². The molecule has 0 bridgehead atoms.